The van der Waals surface area contributed by atoms with Crippen LogP contribution in [0.3, 0.4) is 0 Å². The third-order valence-corrected chi connectivity index (χ3v) is 25.6. The Bertz CT molecular complexity index is 8470. The molecule has 0 saturated heterocycles. The number of fused-ring (bicyclic) bond motifs is 18. The SMILES string of the molecule is Cn1c2ccccc2c2c(-c3cccc4c3c3ccccc3n4-c3cccc(-c4ccccc4)c3)cccc21.Cn1c2ccccc2c2cc(-c3ccc4c(c3)c3ccccc3n4-c3cccc(-c4cccc(-c5ccccc5)c4)c3)ccc21.Cn1c2ccccc2c2ccc(-c3ccc4c5ccccc5n(-c5cccc(-c6ccccc6)c5)c4c3)cc21. The van der Waals surface area contributed by atoms with Crippen molar-refractivity contribution in [1.29, 1.82) is 0 Å². The van der Waals surface area contributed by atoms with Crippen molar-refractivity contribution in [2.75, 3.05) is 0 Å². The molecule has 0 radical (unpaired) electrons. The fraction of sp³-hybridized carbons (Fsp3) is 0.0256. The zero-order chi connectivity index (χ0) is 81.8. The van der Waals surface area contributed by atoms with Crippen molar-refractivity contribution >= 4 is 131 Å². The summed E-state index contributed by atoms with van der Waals surface area (Å²) in [4.78, 5) is 0. The van der Waals surface area contributed by atoms with E-state index in [4.69, 9.17) is 0 Å². The highest BCUT2D eigenvalue weighted by Crippen LogP contribution is 2.46. The largest absolute Gasteiger partial charge is 0.344 e. The Morgan fingerprint density at radius 1 is 0.130 bits per heavy atom. The van der Waals surface area contributed by atoms with Gasteiger partial charge in [-0.05, 0) is 205 Å². The van der Waals surface area contributed by atoms with Gasteiger partial charge in [0.2, 0.25) is 0 Å². The number of aromatic nitrogens is 6. The fourth-order valence-electron chi connectivity index (χ4n) is 19.7. The van der Waals surface area contributed by atoms with E-state index in [9.17, 15) is 0 Å². The Morgan fingerprint density at radius 3 is 0.902 bits per heavy atom. The van der Waals surface area contributed by atoms with Gasteiger partial charge in [-0.15, -0.1) is 0 Å². The Morgan fingerprint density at radius 2 is 0.382 bits per heavy atom. The summed E-state index contributed by atoms with van der Waals surface area (Å²) in [7, 11) is 6.48. The van der Waals surface area contributed by atoms with E-state index in [2.05, 4.69) is 491 Å². The second-order valence-electron chi connectivity index (χ2n) is 32.4. The molecule has 0 bridgehead atoms. The summed E-state index contributed by atoms with van der Waals surface area (Å²) in [6, 6.07) is 161. The molecule has 0 N–H and O–H groups in total. The lowest BCUT2D eigenvalue weighted by Crippen LogP contribution is -1.94. The summed E-state index contributed by atoms with van der Waals surface area (Å²) >= 11 is 0. The monoisotopic (exact) mass is 1570 g/mol. The molecule has 25 aromatic rings. The highest BCUT2D eigenvalue weighted by molar-refractivity contribution is 6.22. The Kier molecular flexibility index (Phi) is 17.5. The number of benzene rings is 19. The van der Waals surface area contributed by atoms with Crippen molar-refractivity contribution in [3.05, 3.63) is 443 Å². The third kappa shape index (κ3) is 12.2. The summed E-state index contributed by atoms with van der Waals surface area (Å²) in [5.41, 5.74) is 35.6. The number of aryl methyl sites for hydroxylation is 3. The van der Waals surface area contributed by atoms with E-state index in [1.807, 2.05) is 0 Å². The highest BCUT2D eigenvalue weighted by atomic mass is 15.0. The van der Waals surface area contributed by atoms with Crippen LogP contribution in [0.15, 0.2) is 443 Å². The van der Waals surface area contributed by atoms with Crippen LogP contribution in [-0.2, 0) is 21.1 Å². The number of rotatable bonds is 10. The first-order chi connectivity index (χ1) is 60.8. The molecule has 0 unspecified atom stereocenters. The van der Waals surface area contributed by atoms with Gasteiger partial charge in [0.15, 0.2) is 0 Å². The van der Waals surface area contributed by atoms with Gasteiger partial charge in [0, 0.05) is 136 Å². The Labute approximate surface area is 712 Å². The van der Waals surface area contributed by atoms with Crippen molar-refractivity contribution in [2.24, 2.45) is 21.1 Å². The van der Waals surface area contributed by atoms with Gasteiger partial charge < -0.3 is 27.4 Å². The van der Waals surface area contributed by atoms with Crippen molar-refractivity contribution in [3.8, 4) is 95.0 Å². The van der Waals surface area contributed by atoms with Crippen LogP contribution < -0.4 is 0 Å². The molecule has 19 aromatic carbocycles. The van der Waals surface area contributed by atoms with Crippen LogP contribution in [0.2, 0.25) is 0 Å². The van der Waals surface area contributed by atoms with E-state index in [1.165, 1.54) is 220 Å². The molecule has 25 rings (SSSR count). The maximum absolute atomic E-state index is 2.42. The van der Waals surface area contributed by atoms with Crippen molar-refractivity contribution in [1.82, 2.24) is 27.4 Å². The van der Waals surface area contributed by atoms with Gasteiger partial charge in [-0.25, -0.2) is 0 Å². The predicted molar refractivity (Wildman–Crippen MR) is 522 cm³/mol. The third-order valence-electron chi connectivity index (χ3n) is 25.6. The van der Waals surface area contributed by atoms with Gasteiger partial charge in [0.25, 0.3) is 0 Å². The zero-order valence-corrected chi connectivity index (χ0v) is 68.3. The van der Waals surface area contributed by atoms with Gasteiger partial charge in [0.05, 0.1) is 33.1 Å². The molecular formula is C117H82N6. The van der Waals surface area contributed by atoms with Crippen LogP contribution >= 0.6 is 0 Å². The second-order valence-corrected chi connectivity index (χ2v) is 32.4. The highest BCUT2D eigenvalue weighted by Gasteiger charge is 2.23. The molecule has 0 spiro atoms. The molecule has 580 valence electrons. The summed E-state index contributed by atoms with van der Waals surface area (Å²) in [5.74, 6) is 0. The molecule has 6 nitrogen and oxygen atoms in total. The van der Waals surface area contributed by atoms with Gasteiger partial charge in [-0.3, -0.25) is 0 Å². The maximum Gasteiger partial charge on any atom is 0.0547 e. The van der Waals surface area contributed by atoms with Gasteiger partial charge in [-0.1, -0.05) is 315 Å². The van der Waals surface area contributed by atoms with Crippen LogP contribution in [0.1, 0.15) is 0 Å². The standard InChI is InChI=1S/C43H30N2.2C37H26N2/c1-44-40-19-7-5-17-36(40)38-27-33(21-23-41(38)44)34-22-24-43-39(28-34)37-18-6-8-20-42(37)45(43)35-16-10-15-32(26-35)31-14-9-13-30(25-31)29-11-3-2-4-12-29;1-38-32-20-7-5-16-30(32)36-28(18-10-22-34(36)38)29-19-11-23-35-37(29)31-17-6-8-21-33(31)39(35)27-15-9-14-26(24-27)25-12-3-2-4-13-25;1-38-34-16-7-5-14-30(34)32-20-18-27(23-36(32)38)28-19-21-33-31-15-6-8-17-35(31)39(37(33)24-28)29-13-9-12-26(22-29)25-10-3-2-4-11-25/h2-28H,1H3;2*2-24H,1H3. The van der Waals surface area contributed by atoms with Crippen LogP contribution in [0, 0.1) is 0 Å². The lowest BCUT2D eigenvalue weighted by Gasteiger charge is -2.12. The minimum Gasteiger partial charge on any atom is -0.344 e. The molecular weight excluding hydrogens is 1490 g/mol. The van der Waals surface area contributed by atoms with Crippen molar-refractivity contribution in [2.45, 2.75) is 0 Å². The minimum absolute atomic E-state index is 1.16. The molecule has 0 fully saturated rings. The topological polar surface area (TPSA) is 29.6 Å². The van der Waals surface area contributed by atoms with Crippen LogP contribution in [0.5, 0.6) is 0 Å². The Balaban J connectivity index is 0.000000107. The minimum atomic E-state index is 1.16. The summed E-state index contributed by atoms with van der Waals surface area (Å²) in [6.07, 6.45) is 0. The fourth-order valence-corrected chi connectivity index (χ4v) is 19.7. The molecule has 6 heterocycles. The van der Waals surface area contributed by atoms with E-state index in [0.29, 0.717) is 0 Å². The first-order valence-corrected chi connectivity index (χ1v) is 42.4. The molecule has 0 aliphatic carbocycles. The number of hydrogen-bond donors (Lipinski definition) is 0. The first-order valence-electron chi connectivity index (χ1n) is 42.4. The Hall–Kier alpha value is -16.0. The van der Waals surface area contributed by atoms with Crippen molar-refractivity contribution < 1.29 is 0 Å². The average molecular weight is 1570 g/mol. The van der Waals surface area contributed by atoms with E-state index in [1.54, 1.807) is 0 Å². The molecule has 6 aromatic heterocycles. The lowest BCUT2D eigenvalue weighted by atomic mass is 9.95. The van der Waals surface area contributed by atoms with E-state index in [-0.39, 0.29) is 0 Å². The lowest BCUT2D eigenvalue weighted by molar-refractivity contribution is 1.01. The van der Waals surface area contributed by atoms with Gasteiger partial charge >= 0.3 is 0 Å². The van der Waals surface area contributed by atoms with Crippen LogP contribution in [-0.4, -0.2) is 27.4 Å². The zero-order valence-electron chi connectivity index (χ0n) is 68.3. The molecule has 123 heavy (non-hydrogen) atoms. The normalized spacial score (nSPS) is 11.7. The maximum atomic E-state index is 2.42. The van der Waals surface area contributed by atoms with Gasteiger partial charge in [-0.2, -0.15) is 0 Å². The second kappa shape index (κ2) is 29.8. The molecule has 0 saturated carbocycles. The van der Waals surface area contributed by atoms with Crippen LogP contribution in [0.4, 0.5) is 0 Å². The summed E-state index contributed by atoms with van der Waals surface area (Å²) in [6.45, 7) is 0. The van der Waals surface area contributed by atoms with Crippen molar-refractivity contribution in [3.63, 3.8) is 0 Å². The predicted octanol–water partition coefficient (Wildman–Crippen LogP) is 31.0. The van der Waals surface area contributed by atoms with E-state index in [0.717, 1.165) is 5.69 Å². The summed E-state index contributed by atoms with van der Waals surface area (Å²) in [5, 5.41) is 15.4. The average Bonchev–Trinajstić information content (AvgIpc) is 1.57. The molecule has 0 aliphatic heterocycles. The number of nitrogens with zero attached hydrogens (tertiary/aromatic N) is 6. The quantitative estimate of drug-likeness (QED) is 0.131. The van der Waals surface area contributed by atoms with E-state index < -0.39 is 0 Å². The molecule has 6 heteroatoms. The number of para-hydroxylation sites is 6. The van der Waals surface area contributed by atoms with Gasteiger partial charge in [0.1, 0.15) is 0 Å². The summed E-state index contributed by atoms with van der Waals surface area (Å²) < 4.78 is 14.1. The van der Waals surface area contributed by atoms with E-state index >= 15 is 0 Å². The molecule has 0 amide bonds. The number of hydrogen-bond acceptors (Lipinski definition) is 0. The first kappa shape index (κ1) is 72.2. The van der Waals surface area contributed by atoms with Crippen LogP contribution in [0.25, 0.3) is 226 Å². The molecule has 0 aliphatic rings. The molecule has 0 atom stereocenters. The smallest absolute Gasteiger partial charge is 0.0547 e.